The van der Waals surface area contributed by atoms with Gasteiger partial charge in [0.25, 0.3) is 0 Å². The Labute approximate surface area is 179 Å². The molecule has 0 spiro atoms. The second-order valence-electron chi connectivity index (χ2n) is 8.83. The van der Waals surface area contributed by atoms with Crippen LogP contribution in [0.15, 0.2) is 0 Å². The lowest BCUT2D eigenvalue weighted by Crippen LogP contribution is -2.56. The lowest BCUT2D eigenvalue weighted by atomic mass is 9.96. The van der Waals surface area contributed by atoms with E-state index in [4.69, 9.17) is 9.47 Å². The second-order valence-corrected chi connectivity index (χ2v) is 8.83. The Balaban J connectivity index is 1.76. The van der Waals surface area contributed by atoms with Gasteiger partial charge in [-0.2, -0.15) is 0 Å². The van der Waals surface area contributed by atoms with Crippen molar-refractivity contribution in [2.75, 3.05) is 19.8 Å². The van der Waals surface area contributed by atoms with Gasteiger partial charge in [-0.15, -0.1) is 0 Å². The van der Waals surface area contributed by atoms with Crippen molar-refractivity contribution >= 4 is 6.09 Å². The van der Waals surface area contributed by atoms with Gasteiger partial charge in [-0.05, 0) is 6.42 Å². The summed E-state index contributed by atoms with van der Waals surface area (Å²) in [5, 5.41) is 12.0. The molecule has 0 aromatic carbocycles. The van der Waals surface area contributed by atoms with Crippen LogP contribution >= 0.6 is 0 Å². The Hall–Kier alpha value is -0.810. The molecule has 1 amide bonds. The number of alkyl carbamates (subject to hydrolysis) is 1. The highest BCUT2D eigenvalue weighted by molar-refractivity contribution is 5.67. The van der Waals surface area contributed by atoms with Gasteiger partial charge in [-0.3, -0.25) is 0 Å². The summed E-state index contributed by atoms with van der Waals surface area (Å²) in [4.78, 5) is 11.8. The van der Waals surface area contributed by atoms with Gasteiger partial charge in [-0.25, -0.2) is 4.79 Å². The fourth-order valence-corrected chi connectivity index (χ4v) is 3.85. The first-order chi connectivity index (χ1) is 14.1. The summed E-state index contributed by atoms with van der Waals surface area (Å²) in [6.45, 7) is 5.03. The highest BCUT2D eigenvalue weighted by Gasteiger charge is 2.47. The molecule has 0 bridgehead atoms. The number of amides is 1. The predicted octanol–water partition coefficient (Wildman–Crippen LogP) is 6.33. The maximum absolute atomic E-state index is 11.8. The SMILES string of the molecule is CCCCCCCCCCCCCCCCCCNC(=O)OC1(C)OCC1CO. The third kappa shape index (κ3) is 12.5. The van der Waals surface area contributed by atoms with Crippen LogP contribution in [-0.2, 0) is 9.47 Å². The largest absolute Gasteiger partial charge is 0.417 e. The molecule has 2 unspecified atom stereocenters. The molecule has 1 aliphatic heterocycles. The Bertz CT molecular complexity index is 402. The fourth-order valence-electron chi connectivity index (χ4n) is 3.85. The molecule has 2 atom stereocenters. The minimum atomic E-state index is -0.965. The molecular weight excluding hydrogens is 366 g/mol. The number of aliphatic hydroxyl groups excluding tert-OH is 1. The smallest absolute Gasteiger partial charge is 0.409 e. The number of unbranched alkanes of at least 4 members (excludes halogenated alkanes) is 15. The van der Waals surface area contributed by atoms with Crippen LogP contribution < -0.4 is 5.32 Å². The van der Waals surface area contributed by atoms with Crippen molar-refractivity contribution in [3.63, 3.8) is 0 Å². The minimum absolute atomic E-state index is 0.0249. The molecule has 0 radical (unpaired) electrons. The fraction of sp³-hybridized carbons (Fsp3) is 0.958. The zero-order valence-electron chi connectivity index (χ0n) is 19.2. The van der Waals surface area contributed by atoms with Crippen LogP contribution in [0.1, 0.15) is 117 Å². The zero-order chi connectivity index (χ0) is 21.2. The van der Waals surface area contributed by atoms with E-state index in [0.29, 0.717) is 13.2 Å². The summed E-state index contributed by atoms with van der Waals surface area (Å²) < 4.78 is 10.6. The molecule has 0 aromatic rings. The van der Waals surface area contributed by atoms with Crippen molar-refractivity contribution in [1.29, 1.82) is 0 Å². The van der Waals surface area contributed by atoms with Gasteiger partial charge in [0.1, 0.15) is 0 Å². The lowest BCUT2D eigenvalue weighted by molar-refractivity contribution is -0.316. The van der Waals surface area contributed by atoms with E-state index in [1.807, 2.05) is 0 Å². The van der Waals surface area contributed by atoms with Gasteiger partial charge in [0.05, 0.1) is 19.1 Å². The molecule has 0 aliphatic carbocycles. The summed E-state index contributed by atoms with van der Waals surface area (Å²) in [5.41, 5.74) is 0. The molecule has 29 heavy (non-hydrogen) atoms. The normalized spacial score (nSPS) is 21.0. The number of aliphatic hydroxyl groups is 1. The lowest BCUT2D eigenvalue weighted by Gasteiger charge is -2.44. The number of hydrogen-bond acceptors (Lipinski definition) is 4. The van der Waals surface area contributed by atoms with E-state index in [1.54, 1.807) is 6.92 Å². The van der Waals surface area contributed by atoms with Gasteiger partial charge >= 0.3 is 6.09 Å². The van der Waals surface area contributed by atoms with E-state index >= 15 is 0 Å². The van der Waals surface area contributed by atoms with Gasteiger partial charge in [0.15, 0.2) is 0 Å². The van der Waals surface area contributed by atoms with Crippen LogP contribution in [-0.4, -0.2) is 36.7 Å². The van der Waals surface area contributed by atoms with E-state index in [1.165, 1.54) is 89.9 Å². The maximum atomic E-state index is 11.8. The van der Waals surface area contributed by atoms with Gasteiger partial charge in [0.2, 0.25) is 5.79 Å². The molecule has 1 fully saturated rings. The van der Waals surface area contributed by atoms with Crippen LogP contribution in [0.2, 0.25) is 0 Å². The molecule has 1 rings (SSSR count). The average Bonchev–Trinajstić information content (AvgIpc) is 2.69. The van der Waals surface area contributed by atoms with Crippen LogP contribution in [0.4, 0.5) is 4.79 Å². The molecule has 2 N–H and O–H groups in total. The maximum Gasteiger partial charge on any atom is 0.409 e. The number of carbonyl (C=O) groups excluding carboxylic acids is 1. The first-order valence-corrected chi connectivity index (χ1v) is 12.3. The first kappa shape index (κ1) is 26.2. The van der Waals surface area contributed by atoms with E-state index in [-0.39, 0.29) is 12.5 Å². The summed E-state index contributed by atoms with van der Waals surface area (Å²) in [5.74, 6) is -1.09. The van der Waals surface area contributed by atoms with Crippen molar-refractivity contribution in [2.24, 2.45) is 5.92 Å². The molecular formula is C24H47NO4. The van der Waals surface area contributed by atoms with E-state index < -0.39 is 11.9 Å². The highest BCUT2D eigenvalue weighted by atomic mass is 16.7. The Kier molecular flexibility index (Phi) is 15.3. The Morgan fingerprint density at radius 2 is 1.34 bits per heavy atom. The van der Waals surface area contributed by atoms with Gasteiger partial charge in [-0.1, -0.05) is 103 Å². The monoisotopic (exact) mass is 413 g/mol. The summed E-state index contributed by atoms with van der Waals surface area (Å²) in [6.07, 6.45) is 21.0. The summed E-state index contributed by atoms with van der Waals surface area (Å²) >= 11 is 0. The van der Waals surface area contributed by atoms with Crippen molar-refractivity contribution in [1.82, 2.24) is 5.32 Å². The van der Waals surface area contributed by atoms with Crippen molar-refractivity contribution < 1.29 is 19.4 Å². The van der Waals surface area contributed by atoms with Crippen LogP contribution in [0.3, 0.4) is 0 Å². The summed E-state index contributed by atoms with van der Waals surface area (Å²) in [6, 6.07) is 0. The van der Waals surface area contributed by atoms with Gasteiger partial charge < -0.3 is 19.9 Å². The van der Waals surface area contributed by atoms with Crippen LogP contribution in [0.25, 0.3) is 0 Å². The predicted molar refractivity (Wildman–Crippen MR) is 119 cm³/mol. The minimum Gasteiger partial charge on any atom is -0.417 e. The third-order valence-electron chi connectivity index (χ3n) is 6.13. The second kappa shape index (κ2) is 16.9. The number of ether oxygens (including phenoxy) is 2. The van der Waals surface area contributed by atoms with E-state index in [2.05, 4.69) is 12.2 Å². The van der Waals surface area contributed by atoms with E-state index in [9.17, 15) is 9.90 Å². The third-order valence-corrected chi connectivity index (χ3v) is 6.13. The molecule has 1 heterocycles. The topological polar surface area (TPSA) is 67.8 Å². The number of rotatable bonds is 19. The average molecular weight is 414 g/mol. The highest BCUT2D eigenvalue weighted by Crippen LogP contribution is 2.33. The Morgan fingerprint density at radius 3 is 1.72 bits per heavy atom. The number of hydrogen-bond donors (Lipinski definition) is 2. The quantitative estimate of drug-likeness (QED) is 0.243. The molecule has 5 heteroatoms. The van der Waals surface area contributed by atoms with Gasteiger partial charge in [0, 0.05) is 13.5 Å². The zero-order valence-corrected chi connectivity index (χ0v) is 19.2. The van der Waals surface area contributed by atoms with Crippen molar-refractivity contribution in [3.8, 4) is 0 Å². The van der Waals surface area contributed by atoms with Crippen LogP contribution in [0.5, 0.6) is 0 Å². The molecule has 0 aromatic heterocycles. The standard InChI is InChI=1S/C24H47NO4/c1-3-4-5-6-7-8-9-10-11-12-13-14-15-16-17-18-19-25-23(27)29-24(2)22(20-26)21-28-24/h22,26H,3-21H2,1-2H3,(H,25,27). The molecule has 5 nitrogen and oxygen atoms in total. The van der Waals surface area contributed by atoms with Crippen molar-refractivity contribution in [2.45, 2.75) is 122 Å². The first-order valence-electron chi connectivity index (χ1n) is 12.3. The number of nitrogens with one attached hydrogen (secondary N) is 1. The van der Waals surface area contributed by atoms with E-state index in [0.717, 1.165) is 12.8 Å². The van der Waals surface area contributed by atoms with Crippen LogP contribution in [0, 0.1) is 5.92 Å². The van der Waals surface area contributed by atoms with Crippen molar-refractivity contribution in [3.05, 3.63) is 0 Å². The molecule has 0 saturated carbocycles. The Morgan fingerprint density at radius 1 is 0.897 bits per heavy atom. The summed E-state index contributed by atoms with van der Waals surface area (Å²) in [7, 11) is 0. The molecule has 1 saturated heterocycles. The molecule has 1 aliphatic rings. The number of carbonyl (C=O) groups is 1. The molecule has 172 valence electrons.